The molecule has 2 heterocycles. The monoisotopic (exact) mass is 318 g/mol. The minimum Gasteiger partial charge on any atom is -0.481 e. The van der Waals surface area contributed by atoms with Gasteiger partial charge in [0.1, 0.15) is 5.01 Å². The summed E-state index contributed by atoms with van der Waals surface area (Å²) in [5.41, 5.74) is 2.52. The molecule has 0 saturated heterocycles. The van der Waals surface area contributed by atoms with E-state index in [4.69, 9.17) is 16.7 Å². The Bertz CT molecular complexity index is 816. The number of pyridine rings is 1. The van der Waals surface area contributed by atoms with E-state index in [1.807, 2.05) is 29.6 Å². The molecule has 0 aliphatic heterocycles. The Morgan fingerprint density at radius 3 is 3.00 bits per heavy atom. The Morgan fingerprint density at radius 2 is 2.19 bits per heavy atom. The molecule has 1 N–H and O–H groups in total. The highest BCUT2D eigenvalue weighted by atomic mass is 35.5. The van der Waals surface area contributed by atoms with E-state index < -0.39 is 5.97 Å². The van der Waals surface area contributed by atoms with Crippen molar-refractivity contribution >= 4 is 39.8 Å². The number of hydrogen-bond acceptors (Lipinski definition) is 4. The first-order valence-corrected chi connectivity index (χ1v) is 7.60. The van der Waals surface area contributed by atoms with E-state index >= 15 is 0 Å². The summed E-state index contributed by atoms with van der Waals surface area (Å²) in [7, 11) is 0. The highest BCUT2D eigenvalue weighted by molar-refractivity contribution is 7.13. The number of thiazole rings is 1. The normalized spacial score (nSPS) is 10.9. The van der Waals surface area contributed by atoms with E-state index in [0.29, 0.717) is 11.4 Å². The highest BCUT2D eigenvalue weighted by Crippen LogP contribution is 2.33. The maximum Gasteiger partial charge on any atom is 0.303 e. The molecule has 0 atom stereocenters. The average Bonchev–Trinajstić information content (AvgIpc) is 2.94. The average molecular weight is 319 g/mol. The molecule has 106 valence electrons. The van der Waals surface area contributed by atoms with Crippen LogP contribution in [0.2, 0.25) is 5.02 Å². The summed E-state index contributed by atoms with van der Waals surface area (Å²) < 4.78 is 0. The van der Waals surface area contributed by atoms with E-state index in [2.05, 4.69) is 9.97 Å². The number of aromatic nitrogens is 2. The molecule has 0 aliphatic rings. The standard InChI is InChI=1S/C15H11ClN2O2S/c16-12-5-4-11(14-10(12)2-1-7-17-14)15-18-9(8-21-15)3-6-13(19)20/h1-2,4-5,7-8H,3,6H2,(H,19,20). The van der Waals surface area contributed by atoms with E-state index in [1.54, 1.807) is 6.20 Å². The second-order valence-electron chi connectivity index (χ2n) is 4.53. The van der Waals surface area contributed by atoms with E-state index in [0.717, 1.165) is 27.2 Å². The number of fused-ring (bicyclic) bond motifs is 1. The molecule has 0 fully saturated rings. The van der Waals surface area contributed by atoms with Crippen LogP contribution in [0.1, 0.15) is 12.1 Å². The molecule has 2 aromatic heterocycles. The number of hydrogen-bond donors (Lipinski definition) is 1. The second kappa shape index (κ2) is 5.79. The minimum atomic E-state index is -0.817. The number of carboxylic acid groups (broad SMARTS) is 1. The third-order valence-electron chi connectivity index (χ3n) is 3.09. The third-order valence-corrected chi connectivity index (χ3v) is 4.35. The van der Waals surface area contributed by atoms with Gasteiger partial charge in [-0.1, -0.05) is 11.6 Å². The fraction of sp³-hybridized carbons (Fsp3) is 0.133. The van der Waals surface area contributed by atoms with Gasteiger partial charge < -0.3 is 5.11 Å². The van der Waals surface area contributed by atoms with Crippen molar-refractivity contribution in [1.82, 2.24) is 9.97 Å². The van der Waals surface area contributed by atoms with E-state index in [1.165, 1.54) is 11.3 Å². The van der Waals surface area contributed by atoms with E-state index in [9.17, 15) is 4.79 Å². The van der Waals surface area contributed by atoms with Crippen molar-refractivity contribution in [2.24, 2.45) is 0 Å². The molecule has 3 rings (SSSR count). The molecular formula is C15H11ClN2O2S. The van der Waals surface area contributed by atoms with Crippen molar-refractivity contribution in [3.05, 3.63) is 46.6 Å². The summed E-state index contributed by atoms with van der Waals surface area (Å²) in [4.78, 5) is 19.5. The minimum absolute atomic E-state index is 0.0861. The van der Waals surface area contributed by atoms with Crippen LogP contribution in [-0.4, -0.2) is 21.0 Å². The molecule has 4 nitrogen and oxygen atoms in total. The van der Waals surface area contributed by atoms with Gasteiger partial charge in [0.15, 0.2) is 0 Å². The quantitative estimate of drug-likeness (QED) is 0.789. The molecule has 0 aliphatic carbocycles. The second-order valence-corrected chi connectivity index (χ2v) is 5.80. The predicted octanol–water partition coefficient (Wildman–Crippen LogP) is 4.03. The van der Waals surface area contributed by atoms with Gasteiger partial charge in [0.25, 0.3) is 0 Å². The Hall–Kier alpha value is -1.98. The number of carboxylic acids is 1. The van der Waals surface area contributed by atoms with Crippen molar-refractivity contribution < 1.29 is 9.90 Å². The highest BCUT2D eigenvalue weighted by Gasteiger charge is 2.12. The lowest BCUT2D eigenvalue weighted by Gasteiger charge is -2.04. The summed E-state index contributed by atoms with van der Waals surface area (Å²) in [5, 5.41) is 13.0. The Labute approximate surface area is 130 Å². The summed E-state index contributed by atoms with van der Waals surface area (Å²) in [6, 6.07) is 7.50. The first-order chi connectivity index (χ1) is 10.1. The van der Waals surface area contributed by atoms with Gasteiger partial charge in [0.2, 0.25) is 0 Å². The van der Waals surface area contributed by atoms with Crippen LogP contribution >= 0.6 is 22.9 Å². The molecule has 0 unspecified atom stereocenters. The van der Waals surface area contributed by atoms with Crippen molar-refractivity contribution in [3.63, 3.8) is 0 Å². The lowest BCUT2D eigenvalue weighted by molar-refractivity contribution is -0.136. The van der Waals surface area contributed by atoms with Gasteiger partial charge in [0, 0.05) is 28.9 Å². The maximum absolute atomic E-state index is 10.6. The predicted molar refractivity (Wildman–Crippen MR) is 83.8 cm³/mol. The van der Waals surface area contributed by atoms with Crippen LogP contribution in [0.5, 0.6) is 0 Å². The summed E-state index contributed by atoms with van der Waals surface area (Å²) >= 11 is 7.67. The zero-order chi connectivity index (χ0) is 14.8. The number of halogens is 1. The summed E-state index contributed by atoms with van der Waals surface area (Å²) in [6.07, 6.45) is 2.24. The van der Waals surface area contributed by atoms with E-state index in [-0.39, 0.29) is 6.42 Å². The first-order valence-electron chi connectivity index (χ1n) is 6.35. The first kappa shape index (κ1) is 14.0. The maximum atomic E-state index is 10.6. The third kappa shape index (κ3) is 2.89. The number of carbonyl (C=O) groups is 1. The number of nitrogens with zero attached hydrogens (tertiary/aromatic N) is 2. The van der Waals surface area contributed by atoms with Crippen LogP contribution in [0.15, 0.2) is 35.8 Å². The summed E-state index contributed by atoms with van der Waals surface area (Å²) in [5.74, 6) is -0.817. The number of benzene rings is 1. The lowest BCUT2D eigenvalue weighted by atomic mass is 10.1. The molecule has 3 aromatic rings. The Kier molecular flexibility index (Phi) is 3.86. The van der Waals surface area contributed by atoms with Crippen LogP contribution < -0.4 is 0 Å². The molecule has 0 radical (unpaired) electrons. The van der Waals surface area contributed by atoms with Gasteiger partial charge in [-0.05, 0) is 24.3 Å². The molecule has 6 heteroatoms. The Balaban J connectivity index is 2.01. The molecule has 0 spiro atoms. The zero-order valence-electron chi connectivity index (χ0n) is 10.9. The summed E-state index contributed by atoms with van der Waals surface area (Å²) in [6.45, 7) is 0. The van der Waals surface area contributed by atoms with Crippen molar-refractivity contribution in [2.45, 2.75) is 12.8 Å². The van der Waals surface area contributed by atoms with Gasteiger partial charge in [-0.3, -0.25) is 9.78 Å². The van der Waals surface area contributed by atoms with Crippen LogP contribution in [0.25, 0.3) is 21.5 Å². The molecule has 21 heavy (non-hydrogen) atoms. The van der Waals surface area contributed by atoms with Crippen LogP contribution in [0.4, 0.5) is 0 Å². The van der Waals surface area contributed by atoms with Crippen molar-refractivity contribution in [2.75, 3.05) is 0 Å². The van der Waals surface area contributed by atoms with Gasteiger partial charge in [-0.25, -0.2) is 4.98 Å². The van der Waals surface area contributed by atoms with Crippen molar-refractivity contribution in [1.29, 1.82) is 0 Å². The van der Waals surface area contributed by atoms with Crippen LogP contribution in [-0.2, 0) is 11.2 Å². The number of aryl methyl sites for hydroxylation is 1. The SMILES string of the molecule is O=C(O)CCc1csc(-c2ccc(Cl)c3cccnc23)n1. The fourth-order valence-corrected chi connectivity index (χ4v) is 3.19. The van der Waals surface area contributed by atoms with Crippen molar-refractivity contribution in [3.8, 4) is 10.6 Å². The van der Waals surface area contributed by atoms with Crippen LogP contribution in [0.3, 0.4) is 0 Å². The number of rotatable bonds is 4. The van der Waals surface area contributed by atoms with Crippen LogP contribution in [0, 0.1) is 0 Å². The molecule has 0 saturated carbocycles. The fourth-order valence-electron chi connectivity index (χ4n) is 2.09. The Morgan fingerprint density at radius 1 is 1.33 bits per heavy atom. The molecule has 0 bridgehead atoms. The smallest absolute Gasteiger partial charge is 0.303 e. The van der Waals surface area contributed by atoms with Gasteiger partial charge in [-0.15, -0.1) is 11.3 Å². The number of aliphatic carboxylic acids is 1. The lowest BCUT2D eigenvalue weighted by Crippen LogP contribution is -1.97. The molecule has 1 aromatic carbocycles. The van der Waals surface area contributed by atoms with Gasteiger partial charge >= 0.3 is 5.97 Å². The largest absolute Gasteiger partial charge is 0.481 e. The van der Waals surface area contributed by atoms with Gasteiger partial charge in [0.05, 0.1) is 22.7 Å². The zero-order valence-corrected chi connectivity index (χ0v) is 12.5. The van der Waals surface area contributed by atoms with Gasteiger partial charge in [-0.2, -0.15) is 0 Å². The topological polar surface area (TPSA) is 63.1 Å². The molecular weight excluding hydrogens is 308 g/mol. The molecule has 0 amide bonds.